The Bertz CT molecular complexity index is 311. The predicted molar refractivity (Wildman–Crippen MR) is 61.4 cm³/mol. The minimum Gasteiger partial charge on any atom is -0.316 e. The average Bonchev–Trinajstić information content (AvgIpc) is 2.50. The van der Waals surface area contributed by atoms with Crippen LogP contribution < -0.4 is 10.7 Å². The molecule has 1 rings (SSSR count). The highest BCUT2D eigenvalue weighted by molar-refractivity contribution is 5.84. The van der Waals surface area contributed by atoms with E-state index in [1.54, 1.807) is 0 Å². The minimum absolute atomic E-state index is 0.0401. The summed E-state index contributed by atoms with van der Waals surface area (Å²) in [5.41, 5.74) is 4.95. The van der Waals surface area contributed by atoms with Crippen LogP contribution in [-0.2, 0) is 4.79 Å². The summed E-state index contributed by atoms with van der Waals surface area (Å²) in [5.74, 6) is 0.0401. The number of carbonyl (C=O) groups excluding carboxylic acids is 1. The number of carbonyl (C=O) groups is 1. The number of hydrogen-bond donors (Lipinski definition) is 2. The molecule has 0 aliphatic heterocycles. The van der Waals surface area contributed by atoms with Crippen LogP contribution in [0.5, 0.6) is 0 Å². The highest BCUT2D eigenvalue weighted by Crippen LogP contribution is 2.03. The van der Waals surface area contributed by atoms with Crippen molar-refractivity contribution in [2.45, 2.75) is 27.2 Å². The Hall–Kier alpha value is -1.29. The van der Waals surface area contributed by atoms with Gasteiger partial charge in [-0.25, -0.2) is 0 Å². The van der Waals surface area contributed by atoms with Gasteiger partial charge in [-0.3, -0.25) is 14.9 Å². The van der Waals surface area contributed by atoms with Crippen molar-refractivity contribution < 1.29 is 4.79 Å². The molecule has 0 atom stereocenters. The number of nitrogens with zero attached hydrogens (tertiary/aromatic N) is 1. The molecule has 2 N–H and O–H groups in total. The molecule has 0 radical (unpaired) electrons. The summed E-state index contributed by atoms with van der Waals surface area (Å²) in [6.07, 6.45) is 0.505. The molecule has 0 bridgehead atoms. The van der Waals surface area contributed by atoms with E-state index in [9.17, 15) is 4.79 Å². The van der Waals surface area contributed by atoms with Gasteiger partial charge < -0.3 is 5.32 Å². The van der Waals surface area contributed by atoms with Crippen molar-refractivity contribution in [2.75, 3.05) is 18.5 Å². The molecule has 1 heterocycles. The Labute approximate surface area is 90.6 Å². The summed E-state index contributed by atoms with van der Waals surface area (Å²) < 4.78 is 1.81. The lowest BCUT2D eigenvalue weighted by molar-refractivity contribution is -0.117. The Balaban J connectivity index is 2.44. The first-order valence-corrected chi connectivity index (χ1v) is 5.30. The first-order valence-electron chi connectivity index (χ1n) is 5.30. The standard InChI is InChI=1S/C11H19N3O/c1-4-12-8-7-11(15)13-14-9(2)5-6-10(14)3/h5-6,12H,4,7-8H2,1-3H3,(H,13,15). The highest BCUT2D eigenvalue weighted by atomic mass is 16.2. The Kier molecular flexibility index (Phi) is 4.37. The normalized spacial score (nSPS) is 10.3. The molecule has 0 unspecified atom stereocenters. The SMILES string of the molecule is CCNCCC(=O)Nn1c(C)ccc1C. The maximum absolute atomic E-state index is 11.5. The maximum atomic E-state index is 11.5. The van der Waals surface area contributed by atoms with Gasteiger partial charge in [0.15, 0.2) is 0 Å². The van der Waals surface area contributed by atoms with E-state index in [2.05, 4.69) is 10.7 Å². The summed E-state index contributed by atoms with van der Waals surface area (Å²) in [7, 11) is 0. The van der Waals surface area contributed by atoms with E-state index in [1.807, 2.05) is 37.6 Å². The van der Waals surface area contributed by atoms with Gasteiger partial charge in [-0.15, -0.1) is 0 Å². The van der Waals surface area contributed by atoms with E-state index in [-0.39, 0.29) is 5.91 Å². The number of nitrogens with one attached hydrogen (secondary N) is 2. The van der Waals surface area contributed by atoms with Crippen LogP contribution in [0.25, 0.3) is 0 Å². The van der Waals surface area contributed by atoms with Gasteiger partial charge in [-0.05, 0) is 32.5 Å². The van der Waals surface area contributed by atoms with Crippen molar-refractivity contribution >= 4 is 5.91 Å². The van der Waals surface area contributed by atoms with E-state index >= 15 is 0 Å². The Morgan fingerprint density at radius 2 is 1.93 bits per heavy atom. The molecule has 84 valence electrons. The molecule has 1 amide bonds. The van der Waals surface area contributed by atoms with Gasteiger partial charge in [-0.1, -0.05) is 6.92 Å². The Morgan fingerprint density at radius 1 is 1.33 bits per heavy atom. The van der Waals surface area contributed by atoms with Gasteiger partial charge in [-0.2, -0.15) is 0 Å². The molecular weight excluding hydrogens is 190 g/mol. The van der Waals surface area contributed by atoms with E-state index in [0.29, 0.717) is 6.42 Å². The summed E-state index contributed by atoms with van der Waals surface area (Å²) >= 11 is 0. The van der Waals surface area contributed by atoms with E-state index in [1.165, 1.54) is 0 Å². The van der Waals surface area contributed by atoms with Crippen LogP contribution in [0.2, 0.25) is 0 Å². The first-order chi connectivity index (χ1) is 7.15. The maximum Gasteiger partial charge on any atom is 0.240 e. The number of hydrogen-bond acceptors (Lipinski definition) is 2. The fourth-order valence-electron chi connectivity index (χ4n) is 1.40. The number of rotatable bonds is 5. The summed E-state index contributed by atoms with van der Waals surface area (Å²) in [6, 6.07) is 3.97. The fourth-order valence-corrected chi connectivity index (χ4v) is 1.40. The minimum atomic E-state index is 0.0401. The van der Waals surface area contributed by atoms with Gasteiger partial charge in [0.05, 0.1) is 0 Å². The van der Waals surface area contributed by atoms with Crippen molar-refractivity contribution in [2.24, 2.45) is 0 Å². The van der Waals surface area contributed by atoms with Crippen molar-refractivity contribution in [1.29, 1.82) is 0 Å². The molecule has 1 aromatic rings. The van der Waals surface area contributed by atoms with E-state index in [0.717, 1.165) is 24.5 Å². The van der Waals surface area contributed by atoms with Crippen molar-refractivity contribution in [3.63, 3.8) is 0 Å². The molecule has 0 spiro atoms. The molecular formula is C11H19N3O. The van der Waals surface area contributed by atoms with Gasteiger partial charge >= 0.3 is 0 Å². The van der Waals surface area contributed by atoms with E-state index in [4.69, 9.17) is 0 Å². The molecule has 15 heavy (non-hydrogen) atoms. The predicted octanol–water partition coefficient (Wildman–Crippen LogP) is 1.17. The van der Waals surface area contributed by atoms with Gasteiger partial charge in [0.25, 0.3) is 0 Å². The van der Waals surface area contributed by atoms with Crippen LogP contribution in [0.4, 0.5) is 0 Å². The smallest absolute Gasteiger partial charge is 0.240 e. The quantitative estimate of drug-likeness (QED) is 0.715. The van der Waals surface area contributed by atoms with Crippen LogP contribution in [0.3, 0.4) is 0 Å². The van der Waals surface area contributed by atoms with Crippen LogP contribution >= 0.6 is 0 Å². The third-order valence-electron chi connectivity index (χ3n) is 2.29. The van der Waals surface area contributed by atoms with Crippen molar-refractivity contribution in [1.82, 2.24) is 9.99 Å². The van der Waals surface area contributed by atoms with Gasteiger partial charge in [0.1, 0.15) is 0 Å². The molecule has 0 fully saturated rings. The van der Waals surface area contributed by atoms with Crippen molar-refractivity contribution in [3.8, 4) is 0 Å². The molecule has 0 aromatic carbocycles. The van der Waals surface area contributed by atoms with Crippen LogP contribution in [0, 0.1) is 13.8 Å². The highest BCUT2D eigenvalue weighted by Gasteiger charge is 2.04. The average molecular weight is 209 g/mol. The topological polar surface area (TPSA) is 46.1 Å². The molecule has 0 saturated carbocycles. The molecule has 0 aliphatic carbocycles. The zero-order chi connectivity index (χ0) is 11.3. The second kappa shape index (κ2) is 5.56. The summed E-state index contributed by atoms with van der Waals surface area (Å²) in [6.45, 7) is 7.59. The summed E-state index contributed by atoms with van der Waals surface area (Å²) in [5, 5.41) is 3.12. The largest absolute Gasteiger partial charge is 0.316 e. The first kappa shape index (κ1) is 11.8. The van der Waals surface area contributed by atoms with Crippen molar-refractivity contribution in [3.05, 3.63) is 23.5 Å². The fraction of sp³-hybridized carbons (Fsp3) is 0.545. The monoisotopic (exact) mass is 209 g/mol. The second-order valence-corrected chi connectivity index (χ2v) is 3.59. The van der Waals surface area contributed by atoms with E-state index < -0.39 is 0 Å². The van der Waals surface area contributed by atoms with Crippen LogP contribution in [-0.4, -0.2) is 23.7 Å². The van der Waals surface area contributed by atoms with Crippen LogP contribution in [0.1, 0.15) is 24.7 Å². The third-order valence-corrected chi connectivity index (χ3v) is 2.29. The van der Waals surface area contributed by atoms with Gasteiger partial charge in [0, 0.05) is 24.4 Å². The lowest BCUT2D eigenvalue weighted by atomic mass is 10.4. The molecule has 4 nitrogen and oxygen atoms in total. The molecule has 1 aromatic heterocycles. The third kappa shape index (κ3) is 3.40. The second-order valence-electron chi connectivity index (χ2n) is 3.59. The lowest BCUT2D eigenvalue weighted by Gasteiger charge is -2.11. The number of amides is 1. The summed E-state index contributed by atoms with van der Waals surface area (Å²) in [4.78, 5) is 11.5. The Morgan fingerprint density at radius 3 is 2.47 bits per heavy atom. The molecule has 0 aliphatic rings. The number of aromatic nitrogens is 1. The lowest BCUT2D eigenvalue weighted by Crippen LogP contribution is -2.28. The molecule has 0 saturated heterocycles. The molecule has 4 heteroatoms. The van der Waals surface area contributed by atoms with Crippen LogP contribution in [0.15, 0.2) is 12.1 Å². The number of aryl methyl sites for hydroxylation is 2. The van der Waals surface area contributed by atoms with Gasteiger partial charge in [0.2, 0.25) is 5.91 Å². The zero-order valence-electron chi connectivity index (χ0n) is 9.63. The zero-order valence-corrected chi connectivity index (χ0v) is 9.63.